The average molecular weight is 388 g/mol. The first kappa shape index (κ1) is 19.2. The van der Waals surface area contributed by atoms with Crippen LogP contribution in [0.15, 0.2) is 23.0 Å². The summed E-state index contributed by atoms with van der Waals surface area (Å²) in [6, 6.07) is 0.460. The van der Waals surface area contributed by atoms with Crippen LogP contribution in [0.25, 0.3) is 0 Å². The van der Waals surface area contributed by atoms with Gasteiger partial charge in [-0.15, -0.1) is 0 Å². The van der Waals surface area contributed by atoms with Gasteiger partial charge in [-0.25, -0.2) is 0 Å². The fourth-order valence-electron chi connectivity index (χ4n) is 4.85. The summed E-state index contributed by atoms with van der Waals surface area (Å²) < 4.78 is 10.6. The summed E-state index contributed by atoms with van der Waals surface area (Å²) in [6.07, 6.45) is 10.6. The van der Waals surface area contributed by atoms with Gasteiger partial charge in [-0.05, 0) is 31.2 Å². The van der Waals surface area contributed by atoms with Gasteiger partial charge in [0.2, 0.25) is 5.91 Å². The van der Waals surface area contributed by atoms with Crippen LogP contribution in [-0.4, -0.2) is 53.8 Å². The van der Waals surface area contributed by atoms with E-state index in [0.29, 0.717) is 24.4 Å². The lowest BCUT2D eigenvalue weighted by atomic mass is 9.84. The molecule has 1 aromatic rings. The third kappa shape index (κ3) is 3.99. The van der Waals surface area contributed by atoms with Crippen LogP contribution in [0, 0.1) is 5.92 Å². The van der Waals surface area contributed by atoms with E-state index in [1.807, 2.05) is 0 Å². The zero-order chi connectivity index (χ0) is 19.5. The number of likely N-dealkylation sites (tertiary alicyclic amines) is 1. The summed E-state index contributed by atoms with van der Waals surface area (Å²) in [6.45, 7) is 0.617. The van der Waals surface area contributed by atoms with Crippen LogP contribution in [0.2, 0.25) is 0 Å². The van der Waals surface area contributed by atoms with Crippen molar-refractivity contribution in [1.29, 1.82) is 0 Å². The molecule has 1 aromatic heterocycles. The standard InChI is InChI=1S/C21H28N2O5/c24-17-13-28-18-7-4-9-23(19(17)18)21(26)16(11-14-5-2-1-3-6-14)22-20(25)15-8-10-27-12-15/h8,10,12,14,16,18-19H,1-7,9,11,13H2,(H,22,25)/t16-,18+,19+/m0/s1. The molecule has 28 heavy (non-hydrogen) atoms. The van der Waals surface area contributed by atoms with Gasteiger partial charge in [0.05, 0.1) is 17.9 Å². The number of hydrogen-bond acceptors (Lipinski definition) is 5. The Labute approximate surface area is 164 Å². The molecule has 3 fully saturated rings. The number of nitrogens with one attached hydrogen (secondary N) is 1. The fourth-order valence-corrected chi connectivity index (χ4v) is 4.85. The summed E-state index contributed by atoms with van der Waals surface area (Å²) in [5, 5.41) is 2.92. The molecule has 2 saturated heterocycles. The molecule has 0 spiro atoms. The highest BCUT2D eigenvalue weighted by molar-refractivity contribution is 5.98. The summed E-state index contributed by atoms with van der Waals surface area (Å²) in [4.78, 5) is 40.0. The quantitative estimate of drug-likeness (QED) is 0.836. The summed E-state index contributed by atoms with van der Waals surface area (Å²) in [7, 11) is 0. The molecule has 0 radical (unpaired) electrons. The topological polar surface area (TPSA) is 88.9 Å². The molecule has 152 valence electrons. The van der Waals surface area contributed by atoms with E-state index in [0.717, 1.165) is 25.7 Å². The zero-order valence-electron chi connectivity index (χ0n) is 16.1. The Morgan fingerprint density at radius 3 is 2.75 bits per heavy atom. The third-order valence-electron chi connectivity index (χ3n) is 6.31. The third-order valence-corrected chi connectivity index (χ3v) is 6.31. The highest BCUT2D eigenvalue weighted by Crippen LogP contribution is 2.30. The van der Waals surface area contributed by atoms with Crippen LogP contribution in [0.1, 0.15) is 61.7 Å². The number of hydrogen-bond donors (Lipinski definition) is 1. The van der Waals surface area contributed by atoms with Crippen molar-refractivity contribution in [2.24, 2.45) is 5.92 Å². The van der Waals surface area contributed by atoms with Gasteiger partial charge >= 0.3 is 0 Å². The smallest absolute Gasteiger partial charge is 0.255 e. The first-order valence-electron chi connectivity index (χ1n) is 10.4. The van der Waals surface area contributed by atoms with Crippen molar-refractivity contribution in [2.75, 3.05) is 13.2 Å². The minimum atomic E-state index is -0.627. The van der Waals surface area contributed by atoms with Gasteiger partial charge in [-0.2, -0.15) is 0 Å². The summed E-state index contributed by atoms with van der Waals surface area (Å²) in [5.74, 6) is -0.0828. The Morgan fingerprint density at radius 2 is 2.00 bits per heavy atom. The largest absolute Gasteiger partial charge is 0.472 e. The van der Waals surface area contributed by atoms with E-state index in [2.05, 4.69) is 5.32 Å². The van der Waals surface area contributed by atoms with E-state index in [1.165, 1.54) is 31.8 Å². The molecule has 3 heterocycles. The number of Topliss-reactive ketones (excluding diaryl/α,β-unsaturated/α-hetero) is 1. The van der Waals surface area contributed by atoms with Crippen LogP contribution in [0.3, 0.4) is 0 Å². The Balaban J connectivity index is 1.51. The number of carbonyl (C=O) groups is 3. The summed E-state index contributed by atoms with van der Waals surface area (Å²) in [5.41, 5.74) is 0.401. The number of fused-ring (bicyclic) bond motifs is 1. The van der Waals surface area contributed by atoms with Crippen molar-refractivity contribution in [3.8, 4) is 0 Å². The highest BCUT2D eigenvalue weighted by Gasteiger charge is 2.46. The normalized spacial score (nSPS) is 26.7. The van der Waals surface area contributed by atoms with Gasteiger partial charge in [0, 0.05) is 6.54 Å². The first-order chi connectivity index (χ1) is 13.6. The molecule has 1 saturated carbocycles. The van der Waals surface area contributed by atoms with Gasteiger partial charge in [0.1, 0.15) is 25.0 Å². The molecule has 3 atom stereocenters. The van der Waals surface area contributed by atoms with Gasteiger partial charge < -0.3 is 19.4 Å². The summed E-state index contributed by atoms with van der Waals surface area (Å²) >= 11 is 0. The maximum absolute atomic E-state index is 13.4. The van der Waals surface area contributed by atoms with Crippen molar-refractivity contribution in [1.82, 2.24) is 10.2 Å². The average Bonchev–Trinajstić information content (AvgIpc) is 3.38. The molecular formula is C21H28N2O5. The van der Waals surface area contributed by atoms with Crippen molar-refractivity contribution < 1.29 is 23.5 Å². The fraction of sp³-hybridized carbons (Fsp3) is 0.667. The molecule has 1 N–H and O–H groups in total. The highest BCUT2D eigenvalue weighted by atomic mass is 16.5. The van der Waals surface area contributed by atoms with E-state index < -0.39 is 12.1 Å². The number of furan rings is 1. The minimum absolute atomic E-state index is 0.0318. The van der Waals surface area contributed by atoms with Gasteiger partial charge in [0.15, 0.2) is 5.78 Å². The van der Waals surface area contributed by atoms with Crippen LogP contribution in [0.4, 0.5) is 0 Å². The second-order valence-electron chi connectivity index (χ2n) is 8.21. The second kappa shape index (κ2) is 8.47. The van der Waals surface area contributed by atoms with Crippen molar-refractivity contribution >= 4 is 17.6 Å². The van der Waals surface area contributed by atoms with Crippen molar-refractivity contribution in [3.05, 3.63) is 24.2 Å². The molecule has 7 nitrogen and oxygen atoms in total. The van der Waals surface area contributed by atoms with Crippen molar-refractivity contribution in [3.63, 3.8) is 0 Å². The Hall–Kier alpha value is -2.15. The molecule has 3 aliphatic rings. The molecule has 7 heteroatoms. The SMILES string of the molecule is O=C(N[C@@H](CC1CCCCC1)C(=O)N1CCC[C@H]2OCC(=O)[C@H]21)c1ccoc1. The number of rotatable bonds is 5. The maximum atomic E-state index is 13.4. The molecular weight excluding hydrogens is 360 g/mol. The maximum Gasteiger partial charge on any atom is 0.255 e. The van der Waals surface area contributed by atoms with E-state index in [-0.39, 0.29) is 30.3 Å². The number of ether oxygens (including phenoxy) is 1. The van der Waals surface area contributed by atoms with Crippen LogP contribution >= 0.6 is 0 Å². The van der Waals surface area contributed by atoms with Crippen LogP contribution in [-0.2, 0) is 14.3 Å². The molecule has 2 aliphatic heterocycles. The lowest BCUT2D eigenvalue weighted by molar-refractivity contribution is -0.142. The van der Waals surface area contributed by atoms with Gasteiger partial charge in [-0.3, -0.25) is 14.4 Å². The number of amides is 2. The van der Waals surface area contributed by atoms with Crippen LogP contribution in [0.5, 0.6) is 0 Å². The molecule has 0 bridgehead atoms. The molecule has 4 rings (SSSR count). The molecule has 0 unspecified atom stereocenters. The van der Waals surface area contributed by atoms with E-state index in [1.54, 1.807) is 11.0 Å². The van der Waals surface area contributed by atoms with Gasteiger partial charge in [0.25, 0.3) is 5.91 Å². The predicted molar refractivity (Wildman–Crippen MR) is 101 cm³/mol. The Morgan fingerprint density at radius 1 is 1.18 bits per heavy atom. The monoisotopic (exact) mass is 388 g/mol. The van der Waals surface area contributed by atoms with E-state index >= 15 is 0 Å². The Bertz CT molecular complexity index is 710. The van der Waals surface area contributed by atoms with E-state index in [4.69, 9.17) is 9.15 Å². The second-order valence-corrected chi connectivity index (χ2v) is 8.21. The Kier molecular flexibility index (Phi) is 5.80. The van der Waals surface area contributed by atoms with E-state index in [9.17, 15) is 14.4 Å². The number of carbonyl (C=O) groups excluding carboxylic acids is 3. The lowest BCUT2D eigenvalue weighted by Crippen LogP contribution is -2.58. The minimum Gasteiger partial charge on any atom is -0.472 e. The number of ketones is 1. The molecule has 0 aromatic carbocycles. The number of piperidine rings is 1. The lowest BCUT2D eigenvalue weighted by Gasteiger charge is -2.38. The molecule has 1 aliphatic carbocycles. The predicted octanol–water partition coefficient (Wildman–Crippen LogP) is 2.31. The van der Waals surface area contributed by atoms with Gasteiger partial charge in [-0.1, -0.05) is 32.1 Å². The zero-order valence-corrected chi connectivity index (χ0v) is 16.1. The number of nitrogens with zero attached hydrogens (tertiary/aromatic N) is 1. The van der Waals surface area contributed by atoms with Crippen molar-refractivity contribution in [2.45, 2.75) is 69.6 Å². The molecule has 2 amide bonds. The first-order valence-corrected chi connectivity index (χ1v) is 10.4. The van der Waals surface area contributed by atoms with Crippen LogP contribution < -0.4 is 5.32 Å².